The van der Waals surface area contributed by atoms with Gasteiger partial charge in [-0.05, 0) is 55.1 Å². The van der Waals surface area contributed by atoms with Crippen LogP contribution in [0.1, 0.15) is 22.2 Å². The molecule has 0 fully saturated rings. The molecule has 0 amide bonds. The van der Waals surface area contributed by atoms with E-state index in [9.17, 15) is 14.4 Å². The molecule has 0 saturated carbocycles. The molecule has 0 atom stereocenters. The molecular weight excluding hydrogens is 406 g/mol. The summed E-state index contributed by atoms with van der Waals surface area (Å²) in [6, 6.07) is 5.53. The molecule has 2 aromatic rings. The van der Waals surface area contributed by atoms with Gasteiger partial charge in [0.25, 0.3) is 0 Å². The molecule has 0 spiro atoms. The Morgan fingerprint density at radius 3 is 2.43 bits per heavy atom. The Morgan fingerprint density at radius 1 is 1.03 bits per heavy atom. The molecule has 0 aliphatic carbocycles. The largest absolute Gasteiger partial charge is 0.465 e. The predicted molar refractivity (Wildman–Crippen MR) is 114 cm³/mol. The molecule has 8 heteroatoms. The van der Waals surface area contributed by atoms with E-state index in [2.05, 4.69) is 0 Å². The van der Waals surface area contributed by atoms with Crippen LogP contribution in [-0.2, 0) is 23.8 Å². The monoisotopic (exact) mass is 427 g/mol. The highest BCUT2D eigenvalue weighted by Crippen LogP contribution is 2.36. The maximum Gasteiger partial charge on any atom is 0.355 e. The van der Waals surface area contributed by atoms with Crippen molar-refractivity contribution in [1.82, 2.24) is 0 Å². The van der Waals surface area contributed by atoms with Crippen LogP contribution < -0.4 is 4.90 Å². The number of anilines is 1. The molecule has 156 valence electrons. The summed E-state index contributed by atoms with van der Waals surface area (Å²) in [6.07, 6.45) is 6.51. The summed E-state index contributed by atoms with van der Waals surface area (Å²) < 4.78 is 15.8. The molecule has 7 nitrogen and oxygen atoms in total. The number of esters is 3. The molecule has 0 N–H and O–H groups in total. The van der Waals surface area contributed by atoms with E-state index in [1.807, 2.05) is 19.1 Å². The lowest BCUT2D eigenvalue weighted by atomic mass is 10.1. The third-order valence-corrected chi connectivity index (χ3v) is 5.80. The first-order chi connectivity index (χ1) is 14.4. The number of benzene rings is 1. The van der Waals surface area contributed by atoms with E-state index in [0.717, 1.165) is 15.6 Å². The van der Waals surface area contributed by atoms with Crippen LogP contribution in [0.2, 0.25) is 0 Å². The van der Waals surface area contributed by atoms with Crippen LogP contribution in [0.3, 0.4) is 0 Å². The molecule has 1 aromatic carbocycles. The molecule has 2 heterocycles. The SMILES string of the molecule is CCOC(=O)c1sc2ccc(N3C=CC=CC(C(=O)OC)=C3C(=O)OC)cc2c1C. The number of nitrogens with zero attached hydrogens (tertiary/aromatic N) is 1. The molecule has 3 rings (SSSR count). The number of thiophene rings is 1. The average Bonchev–Trinajstić information content (AvgIpc) is 2.94. The highest BCUT2D eigenvalue weighted by atomic mass is 32.1. The number of carbonyl (C=O) groups is 3. The summed E-state index contributed by atoms with van der Waals surface area (Å²) >= 11 is 1.35. The van der Waals surface area contributed by atoms with Gasteiger partial charge in [0.05, 0.1) is 26.4 Å². The van der Waals surface area contributed by atoms with Crippen LogP contribution in [0.5, 0.6) is 0 Å². The van der Waals surface area contributed by atoms with E-state index in [1.165, 1.54) is 31.6 Å². The second-order valence-corrected chi connectivity index (χ2v) is 7.33. The van der Waals surface area contributed by atoms with Crippen molar-refractivity contribution in [1.29, 1.82) is 0 Å². The quantitative estimate of drug-likeness (QED) is 0.529. The topological polar surface area (TPSA) is 82.1 Å². The zero-order valence-corrected chi connectivity index (χ0v) is 17.9. The molecule has 1 aliphatic heterocycles. The summed E-state index contributed by atoms with van der Waals surface area (Å²) in [7, 11) is 2.50. The number of hydrogen-bond acceptors (Lipinski definition) is 8. The Labute approximate surface area is 177 Å². The normalized spacial score (nSPS) is 13.4. The Balaban J connectivity index is 2.17. The standard InChI is InChI=1S/C22H21NO6S/c1-5-29-22(26)19-13(2)16-12-14(9-10-17(16)30-19)23-11-7-6-8-15(20(24)27-3)18(23)21(25)28-4/h6-12H,5H2,1-4H3. The lowest BCUT2D eigenvalue weighted by Crippen LogP contribution is -2.26. The van der Waals surface area contributed by atoms with E-state index in [4.69, 9.17) is 14.2 Å². The first kappa shape index (κ1) is 21.3. The van der Waals surface area contributed by atoms with Crippen molar-refractivity contribution in [3.05, 3.63) is 64.3 Å². The molecule has 0 saturated heterocycles. The van der Waals surface area contributed by atoms with Crippen molar-refractivity contribution in [3.63, 3.8) is 0 Å². The summed E-state index contributed by atoms with van der Waals surface area (Å²) in [4.78, 5) is 39.2. The molecule has 0 radical (unpaired) electrons. The Bertz CT molecular complexity index is 1110. The number of methoxy groups -OCH3 is 2. The first-order valence-corrected chi connectivity index (χ1v) is 9.99. The number of hydrogen-bond donors (Lipinski definition) is 0. The highest BCUT2D eigenvalue weighted by molar-refractivity contribution is 7.21. The highest BCUT2D eigenvalue weighted by Gasteiger charge is 2.28. The van der Waals surface area contributed by atoms with Crippen molar-refractivity contribution in [2.24, 2.45) is 0 Å². The molecule has 1 aliphatic rings. The number of carbonyl (C=O) groups excluding carboxylic acids is 3. The Hall–Kier alpha value is -3.39. The van der Waals surface area contributed by atoms with E-state index in [1.54, 1.807) is 36.2 Å². The number of allylic oxidation sites excluding steroid dienone is 2. The minimum Gasteiger partial charge on any atom is -0.465 e. The lowest BCUT2D eigenvalue weighted by molar-refractivity contribution is -0.139. The van der Waals surface area contributed by atoms with Gasteiger partial charge in [-0.2, -0.15) is 0 Å². The van der Waals surface area contributed by atoms with Gasteiger partial charge in [0.2, 0.25) is 0 Å². The predicted octanol–water partition coefficient (Wildman–Crippen LogP) is 3.88. The van der Waals surface area contributed by atoms with Crippen LogP contribution >= 0.6 is 11.3 Å². The van der Waals surface area contributed by atoms with Gasteiger partial charge in [0.1, 0.15) is 10.6 Å². The second-order valence-electron chi connectivity index (χ2n) is 6.27. The number of aryl methyl sites for hydroxylation is 1. The maximum atomic E-state index is 12.6. The third kappa shape index (κ3) is 3.86. The van der Waals surface area contributed by atoms with Gasteiger partial charge in [-0.1, -0.05) is 6.08 Å². The molecule has 0 unspecified atom stereocenters. The second kappa shape index (κ2) is 8.96. The van der Waals surface area contributed by atoms with Gasteiger partial charge in [-0.25, -0.2) is 14.4 Å². The summed E-state index contributed by atoms with van der Waals surface area (Å²) in [6.45, 7) is 3.91. The average molecular weight is 427 g/mol. The van der Waals surface area contributed by atoms with Crippen LogP contribution in [0.4, 0.5) is 5.69 Å². The molecule has 1 aromatic heterocycles. The minimum atomic E-state index is -0.680. The van der Waals surface area contributed by atoms with Crippen LogP contribution in [0.15, 0.2) is 53.9 Å². The Kier molecular flexibility index (Phi) is 6.37. The number of ether oxygens (including phenoxy) is 3. The van der Waals surface area contributed by atoms with Crippen molar-refractivity contribution >= 4 is 45.0 Å². The fourth-order valence-electron chi connectivity index (χ4n) is 3.12. The smallest absolute Gasteiger partial charge is 0.355 e. The fraction of sp³-hybridized carbons (Fsp3) is 0.227. The van der Waals surface area contributed by atoms with E-state index in [0.29, 0.717) is 17.2 Å². The number of fused-ring (bicyclic) bond motifs is 1. The lowest BCUT2D eigenvalue weighted by Gasteiger charge is -2.23. The van der Waals surface area contributed by atoms with Crippen molar-refractivity contribution in [2.45, 2.75) is 13.8 Å². The first-order valence-electron chi connectivity index (χ1n) is 9.18. The van der Waals surface area contributed by atoms with Gasteiger partial charge in [0.15, 0.2) is 0 Å². The van der Waals surface area contributed by atoms with E-state index in [-0.39, 0.29) is 17.2 Å². The maximum absolute atomic E-state index is 12.6. The van der Waals surface area contributed by atoms with E-state index < -0.39 is 11.9 Å². The summed E-state index contributed by atoms with van der Waals surface area (Å²) in [5.74, 6) is -1.70. The van der Waals surface area contributed by atoms with Gasteiger partial charge in [-0.3, -0.25) is 0 Å². The van der Waals surface area contributed by atoms with Crippen molar-refractivity contribution < 1.29 is 28.6 Å². The molecule has 30 heavy (non-hydrogen) atoms. The Morgan fingerprint density at radius 2 is 1.77 bits per heavy atom. The fourth-order valence-corrected chi connectivity index (χ4v) is 4.20. The zero-order chi connectivity index (χ0) is 21.8. The van der Waals surface area contributed by atoms with E-state index >= 15 is 0 Å². The van der Waals surface area contributed by atoms with Gasteiger partial charge in [0, 0.05) is 16.6 Å². The van der Waals surface area contributed by atoms with Crippen LogP contribution in [0, 0.1) is 6.92 Å². The van der Waals surface area contributed by atoms with Gasteiger partial charge >= 0.3 is 17.9 Å². The summed E-state index contributed by atoms with van der Waals surface area (Å²) in [5.41, 5.74) is 1.53. The van der Waals surface area contributed by atoms with Crippen LogP contribution in [0.25, 0.3) is 10.1 Å². The van der Waals surface area contributed by atoms with Crippen molar-refractivity contribution in [2.75, 3.05) is 25.7 Å². The minimum absolute atomic E-state index is 0.0344. The van der Waals surface area contributed by atoms with Gasteiger partial charge < -0.3 is 19.1 Å². The van der Waals surface area contributed by atoms with Gasteiger partial charge in [-0.15, -0.1) is 11.3 Å². The zero-order valence-electron chi connectivity index (χ0n) is 17.1. The molecular formula is C22H21NO6S. The van der Waals surface area contributed by atoms with Crippen LogP contribution in [-0.4, -0.2) is 38.7 Å². The summed E-state index contributed by atoms with van der Waals surface area (Å²) in [5, 5.41) is 0.856. The number of rotatable bonds is 5. The van der Waals surface area contributed by atoms with Crippen molar-refractivity contribution in [3.8, 4) is 0 Å². The third-order valence-electron chi connectivity index (χ3n) is 4.55. The molecule has 0 bridgehead atoms.